The lowest BCUT2D eigenvalue weighted by Crippen LogP contribution is -2.41. The van der Waals surface area contributed by atoms with Crippen molar-refractivity contribution in [3.05, 3.63) is 64.9 Å². The molecule has 0 unspecified atom stereocenters. The number of nitrogens with zero attached hydrogens (tertiary/aromatic N) is 4. The lowest BCUT2D eigenvalue weighted by Gasteiger charge is -2.33. The Bertz CT molecular complexity index is 1040. The van der Waals surface area contributed by atoms with E-state index in [-0.39, 0.29) is 5.92 Å². The van der Waals surface area contributed by atoms with Gasteiger partial charge in [-0.2, -0.15) is 0 Å². The number of halogens is 1. The predicted octanol–water partition coefficient (Wildman–Crippen LogP) is 5.21. The van der Waals surface area contributed by atoms with Crippen LogP contribution in [0.4, 0.5) is 0 Å². The van der Waals surface area contributed by atoms with Crippen LogP contribution in [0.3, 0.4) is 0 Å². The third kappa shape index (κ3) is 5.33. The molecule has 0 spiro atoms. The summed E-state index contributed by atoms with van der Waals surface area (Å²) in [5.41, 5.74) is 3.39. The lowest BCUT2D eigenvalue weighted by atomic mass is 9.95. The number of rotatable bonds is 8. The van der Waals surface area contributed by atoms with Gasteiger partial charge in [-0.25, -0.2) is 4.98 Å². The van der Waals surface area contributed by atoms with Gasteiger partial charge < -0.3 is 9.47 Å². The monoisotopic (exact) mass is 452 g/mol. The van der Waals surface area contributed by atoms with Gasteiger partial charge in [-0.1, -0.05) is 49.2 Å². The van der Waals surface area contributed by atoms with Gasteiger partial charge in [0.2, 0.25) is 5.91 Å². The molecular weight excluding hydrogens is 420 g/mol. The molecule has 1 fully saturated rings. The summed E-state index contributed by atoms with van der Waals surface area (Å²) in [6.45, 7) is 6.46. The lowest BCUT2D eigenvalue weighted by molar-refractivity contribution is -0.135. The summed E-state index contributed by atoms with van der Waals surface area (Å²) in [5, 5.41) is 0.752. The molecule has 1 saturated heterocycles. The van der Waals surface area contributed by atoms with Crippen molar-refractivity contribution in [2.24, 2.45) is 5.92 Å². The predicted molar refractivity (Wildman–Crippen MR) is 131 cm³/mol. The highest BCUT2D eigenvalue weighted by Gasteiger charge is 2.27. The summed E-state index contributed by atoms with van der Waals surface area (Å²) in [5.74, 6) is 1.54. The number of benzene rings is 2. The van der Waals surface area contributed by atoms with Gasteiger partial charge in [0.05, 0.1) is 17.6 Å². The van der Waals surface area contributed by atoms with Crippen LogP contribution in [0, 0.1) is 5.92 Å². The fraction of sp³-hybridized carbons (Fsp3) is 0.462. The number of unbranched alkanes of at least 4 members (excludes halogenated alkanes) is 1. The molecule has 1 aliphatic heterocycles. The van der Waals surface area contributed by atoms with E-state index in [4.69, 9.17) is 16.6 Å². The van der Waals surface area contributed by atoms with Crippen molar-refractivity contribution in [3.8, 4) is 0 Å². The molecule has 1 aromatic heterocycles. The van der Waals surface area contributed by atoms with Gasteiger partial charge in [0.15, 0.2) is 0 Å². The second-order valence-electron chi connectivity index (χ2n) is 8.89. The van der Waals surface area contributed by atoms with Crippen LogP contribution in [0.25, 0.3) is 11.0 Å². The maximum Gasteiger partial charge on any atom is 0.225 e. The topological polar surface area (TPSA) is 41.4 Å². The van der Waals surface area contributed by atoms with Gasteiger partial charge in [0, 0.05) is 31.1 Å². The minimum absolute atomic E-state index is 0.154. The van der Waals surface area contributed by atoms with Crippen LogP contribution >= 0.6 is 11.6 Å². The SMILES string of the molecule is CCCCN(C)C(=O)C1CCN(Cc2nc3ccccc3n2Cc2ccc(Cl)cc2)CC1. The van der Waals surface area contributed by atoms with Crippen molar-refractivity contribution in [2.45, 2.75) is 45.7 Å². The molecule has 2 heterocycles. The number of amides is 1. The molecule has 0 saturated carbocycles. The molecule has 1 aliphatic rings. The quantitative estimate of drug-likeness (QED) is 0.471. The number of carbonyl (C=O) groups is 1. The Morgan fingerprint density at radius 3 is 2.53 bits per heavy atom. The van der Waals surface area contributed by atoms with E-state index >= 15 is 0 Å². The second-order valence-corrected chi connectivity index (χ2v) is 9.33. The van der Waals surface area contributed by atoms with Crippen molar-refractivity contribution in [3.63, 3.8) is 0 Å². The first-order valence-corrected chi connectivity index (χ1v) is 12.1. The molecule has 0 radical (unpaired) electrons. The summed E-state index contributed by atoms with van der Waals surface area (Å²) < 4.78 is 2.31. The Morgan fingerprint density at radius 2 is 1.81 bits per heavy atom. The number of carbonyl (C=O) groups excluding carboxylic acids is 1. The Balaban J connectivity index is 1.44. The summed E-state index contributed by atoms with van der Waals surface area (Å²) in [6.07, 6.45) is 4.04. The third-order valence-corrected chi connectivity index (χ3v) is 6.76. The van der Waals surface area contributed by atoms with Gasteiger partial charge in [-0.05, 0) is 62.2 Å². The molecular formula is C26H33ClN4O. The van der Waals surface area contributed by atoms with E-state index in [0.29, 0.717) is 5.91 Å². The Labute approximate surface area is 196 Å². The van der Waals surface area contributed by atoms with E-state index in [1.165, 1.54) is 5.56 Å². The molecule has 2 aromatic carbocycles. The third-order valence-electron chi connectivity index (χ3n) is 6.51. The van der Waals surface area contributed by atoms with Crippen molar-refractivity contribution in [1.29, 1.82) is 0 Å². The largest absolute Gasteiger partial charge is 0.346 e. The van der Waals surface area contributed by atoms with Crippen LogP contribution < -0.4 is 0 Å². The Hall–Kier alpha value is -2.37. The first kappa shape index (κ1) is 22.8. The van der Waals surface area contributed by atoms with Crippen molar-refractivity contribution in [2.75, 3.05) is 26.7 Å². The summed E-state index contributed by atoms with van der Waals surface area (Å²) in [4.78, 5) is 22.1. The van der Waals surface area contributed by atoms with E-state index in [1.807, 2.05) is 30.1 Å². The molecule has 0 bridgehead atoms. The molecule has 3 aromatic rings. The van der Waals surface area contributed by atoms with Crippen LogP contribution in [0.5, 0.6) is 0 Å². The fourth-order valence-corrected chi connectivity index (χ4v) is 4.68. The Kier molecular flexibility index (Phi) is 7.48. The van der Waals surface area contributed by atoms with Crippen LogP contribution in [-0.4, -0.2) is 51.9 Å². The number of para-hydroxylation sites is 2. The average molecular weight is 453 g/mol. The zero-order valence-electron chi connectivity index (χ0n) is 19.1. The molecule has 6 heteroatoms. The van der Waals surface area contributed by atoms with E-state index in [9.17, 15) is 4.79 Å². The molecule has 32 heavy (non-hydrogen) atoms. The number of hydrogen-bond donors (Lipinski definition) is 0. The van der Waals surface area contributed by atoms with Crippen LogP contribution in [0.2, 0.25) is 5.02 Å². The van der Waals surface area contributed by atoms with Crippen LogP contribution in [-0.2, 0) is 17.9 Å². The highest BCUT2D eigenvalue weighted by molar-refractivity contribution is 6.30. The van der Waals surface area contributed by atoms with Crippen molar-refractivity contribution < 1.29 is 4.79 Å². The first-order valence-electron chi connectivity index (χ1n) is 11.7. The number of piperidine rings is 1. The highest BCUT2D eigenvalue weighted by Crippen LogP contribution is 2.24. The maximum absolute atomic E-state index is 12.7. The number of imidazole rings is 1. The number of aromatic nitrogens is 2. The van der Waals surface area contributed by atoms with Crippen molar-refractivity contribution >= 4 is 28.5 Å². The summed E-state index contributed by atoms with van der Waals surface area (Å²) in [6, 6.07) is 16.4. The van der Waals surface area contributed by atoms with E-state index in [2.05, 4.69) is 46.7 Å². The maximum atomic E-state index is 12.7. The molecule has 0 N–H and O–H groups in total. The van der Waals surface area contributed by atoms with Crippen LogP contribution in [0.1, 0.15) is 44.0 Å². The van der Waals surface area contributed by atoms with Gasteiger partial charge in [-0.3, -0.25) is 9.69 Å². The summed E-state index contributed by atoms with van der Waals surface area (Å²) >= 11 is 6.07. The van der Waals surface area contributed by atoms with Crippen LogP contribution in [0.15, 0.2) is 48.5 Å². The van der Waals surface area contributed by atoms with E-state index in [1.54, 1.807) is 0 Å². The minimum Gasteiger partial charge on any atom is -0.346 e. The number of fused-ring (bicyclic) bond motifs is 1. The van der Waals surface area contributed by atoms with E-state index < -0.39 is 0 Å². The number of hydrogen-bond acceptors (Lipinski definition) is 3. The molecule has 5 nitrogen and oxygen atoms in total. The highest BCUT2D eigenvalue weighted by atomic mass is 35.5. The first-order chi connectivity index (χ1) is 15.5. The Morgan fingerprint density at radius 1 is 1.09 bits per heavy atom. The van der Waals surface area contributed by atoms with Gasteiger partial charge in [-0.15, -0.1) is 0 Å². The van der Waals surface area contributed by atoms with Gasteiger partial charge in [0.1, 0.15) is 5.82 Å². The smallest absolute Gasteiger partial charge is 0.225 e. The number of likely N-dealkylation sites (tertiary alicyclic amines) is 1. The zero-order valence-corrected chi connectivity index (χ0v) is 19.9. The normalized spacial score (nSPS) is 15.3. The second kappa shape index (κ2) is 10.5. The summed E-state index contributed by atoms with van der Waals surface area (Å²) in [7, 11) is 1.95. The van der Waals surface area contributed by atoms with Crippen molar-refractivity contribution in [1.82, 2.24) is 19.4 Å². The average Bonchev–Trinajstić information content (AvgIpc) is 3.15. The molecule has 0 aliphatic carbocycles. The van der Waals surface area contributed by atoms with E-state index in [0.717, 1.165) is 80.3 Å². The van der Waals surface area contributed by atoms with Gasteiger partial charge in [0.25, 0.3) is 0 Å². The standard InChI is InChI=1S/C26H33ClN4O/c1-3-4-15-29(2)26(32)21-13-16-30(17-14-21)19-25-28-23-7-5-6-8-24(23)31(25)18-20-9-11-22(27)12-10-20/h5-12,21H,3-4,13-19H2,1-2H3. The molecule has 0 atom stereocenters. The molecule has 170 valence electrons. The zero-order chi connectivity index (χ0) is 22.5. The van der Waals surface area contributed by atoms with Gasteiger partial charge >= 0.3 is 0 Å². The molecule has 1 amide bonds. The minimum atomic E-state index is 0.154. The molecule has 4 rings (SSSR count). The fourth-order valence-electron chi connectivity index (χ4n) is 4.55.